The minimum absolute atomic E-state index is 0.0104. The lowest BCUT2D eigenvalue weighted by molar-refractivity contribution is -0.145. The fraction of sp³-hybridized carbons (Fsp3) is 0.450. The molecule has 2 fully saturated rings. The molecule has 1 N–H and O–H groups in total. The largest absolute Gasteiger partial charge is 0.469 e. The van der Waals surface area contributed by atoms with Gasteiger partial charge in [0.1, 0.15) is 0 Å². The molecule has 25 heavy (non-hydrogen) atoms. The zero-order chi connectivity index (χ0) is 17.6. The molecule has 0 spiro atoms. The number of nitrogens with zero attached hydrogens (tertiary/aromatic N) is 1. The summed E-state index contributed by atoms with van der Waals surface area (Å²) >= 11 is 0. The van der Waals surface area contributed by atoms with Crippen molar-refractivity contribution in [1.29, 1.82) is 0 Å². The first kappa shape index (κ1) is 16.1. The van der Waals surface area contributed by atoms with E-state index in [1.807, 2.05) is 37.3 Å². The number of carbonyl (C=O) groups is 2. The molecule has 1 aromatic carbocycles. The van der Waals surface area contributed by atoms with Crippen molar-refractivity contribution in [3.8, 4) is 0 Å². The van der Waals surface area contributed by atoms with Gasteiger partial charge >= 0.3 is 5.97 Å². The van der Waals surface area contributed by atoms with E-state index in [0.717, 1.165) is 35.9 Å². The molecule has 1 aromatic heterocycles. The predicted molar refractivity (Wildman–Crippen MR) is 94.1 cm³/mol. The van der Waals surface area contributed by atoms with E-state index in [1.165, 1.54) is 7.11 Å². The van der Waals surface area contributed by atoms with Crippen molar-refractivity contribution in [2.45, 2.75) is 32.2 Å². The topological polar surface area (TPSA) is 68.3 Å². The van der Waals surface area contributed by atoms with Crippen LogP contribution in [0.15, 0.2) is 30.3 Å². The van der Waals surface area contributed by atoms with Gasteiger partial charge in [-0.2, -0.15) is 0 Å². The first-order valence-corrected chi connectivity index (χ1v) is 8.82. The number of fused-ring (bicyclic) bond motifs is 2. The number of ether oxygens (including phenoxy) is 1. The summed E-state index contributed by atoms with van der Waals surface area (Å²) in [7, 11) is 1.44. The van der Waals surface area contributed by atoms with Gasteiger partial charge in [0.2, 0.25) is 0 Å². The fourth-order valence-corrected chi connectivity index (χ4v) is 4.43. The van der Waals surface area contributed by atoms with Crippen molar-refractivity contribution < 1.29 is 14.3 Å². The fourth-order valence-electron chi connectivity index (χ4n) is 4.43. The molecule has 0 aliphatic heterocycles. The Bertz CT molecular complexity index is 848. The molecule has 4 atom stereocenters. The summed E-state index contributed by atoms with van der Waals surface area (Å²) in [5.74, 6) is 0.714. The van der Waals surface area contributed by atoms with Crippen LogP contribution in [-0.2, 0) is 9.53 Å². The average Bonchev–Trinajstić information content (AvgIpc) is 2.95. The van der Waals surface area contributed by atoms with Crippen LogP contribution in [-0.4, -0.2) is 30.0 Å². The molecule has 5 heteroatoms. The summed E-state index contributed by atoms with van der Waals surface area (Å²) in [6.07, 6.45) is 2.65. The van der Waals surface area contributed by atoms with Gasteiger partial charge in [0.05, 0.1) is 24.1 Å². The third-order valence-corrected chi connectivity index (χ3v) is 5.78. The van der Waals surface area contributed by atoms with Gasteiger partial charge in [-0.05, 0) is 50.2 Å². The zero-order valence-corrected chi connectivity index (χ0v) is 14.5. The van der Waals surface area contributed by atoms with Crippen molar-refractivity contribution >= 4 is 22.8 Å². The number of rotatable bonds is 3. The van der Waals surface area contributed by atoms with E-state index in [4.69, 9.17) is 4.74 Å². The van der Waals surface area contributed by atoms with E-state index < -0.39 is 0 Å². The Hall–Kier alpha value is -2.43. The molecule has 1 amide bonds. The number of benzene rings is 1. The minimum Gasteiger partial charge on any atom is -0.469 e. The van der Waals surface area contributed by atoms with E-state index >= 15 is 0 Å². The first-order valence-electron chi connectivity index (χ1n) is 8.82. The van der Waals surface area contributed by atoms with Crippen LogP contribution in [0.1, 0.15) is 35.3 Å². The highest BCUT2D eigenvalue weighted by atomic mass is 16.5. The van der Waals surface area contributed by atoms with E-state index in [-0.39, 0.29) is 23.8 Å². The molecule has 2 aliphatic carbocycles. The standard InChI is InChI=1S/C20H22N2O3/c1-11-6-7-12-4-3-5-15(18(12)21-11)19(23)22-17-10-13-8-14(9-16(13)17)20(24)25-2/h3-7,13-14,16-17H,8-10H2,1-2H3,(H,22,23)/t13-,14?,16-,17+/m1/s1. The van der Waals surface area contributed by atoms with E-state index in [2.05, 4.69) is 10.3 Å². The molecule has 2 saturated carbocycles. The zero-order valence-electron chi connectivity index (χ0n) is 14.5. The highest BCUT2D eigenvalue weighted by Crippen LogP contribution is 2.50. The molecule has 4 rings (SSSR count). The van der Waals surface area contributed by atoms with Crippen LogP contribution in [0, 0.1) is 24.7 Å². The van der Waals surface area contributed by atoms with Crippen LogP contribution in [0.4, 0.5) is 0 Å². The maximum atomic E-state index is 12.8. The van der Waals surface area contributed by atoms with Gasteiger partial charge in [0.15, 0.2) is 0 Å². The molecule has 1 heterocycles. The Morgan fingerprint density at radius 1 is 1.16 bits per heavy atom. The number of amides is 1. The van der Waals surface area contributed by atoms with Crippen molar-refractivity contribution in [2.75, 3.05) is 7.11 Å². The molecule has 1 unspecified atom stereocenters. The van der Waals surface area contributed by atoms with Crippen molar-refractivity contribution in [3.63, 3.8) is 0 Å². The van der Waals surface area contributed by atoms with E-state index in [0.29, 0.717) is 17.4 Å². The highest BCUT2D eigenvalue weighted by Gasteiger charge is 2.50. The molecule has 0 bridgehead atoms. The number of aryl methyl sites for hydroxylation is 1. The lowest BCUT2D eigenvalue weighted by Crippen LogP contribution is -2.50. The van der Waals surface area contributed by atoms with Gasteiger partial charge in [-0.15, -0.1) is 0 Å². The summed E-state index contributed by atoms with van der Waals surface area (Å²) in [6, 6.07) is 9.77. The van der Waals surface area contributed by atoms with Crippen molar-refractivity contribution in [3.05, 3.63) is 41.6 Å². The summed E-state index contributed by atoms with van der Waals surface area (Å²) in [5.41, 5.74) is 2.26. The smallest absolute Gasteiger partial charge is 0.308 e. The van der Waals surface area contributed by atoms with E-state index in [9.17, 15) is 9.59 Å². The second-order valence-electron chi connectivity index (χ2n) is 7.26. The van der Waals surface area contributed by atoms with Gasteiger partial charge in [-0.1, -0.05) is 18.2 Å². The van der Waals surface area contributed by atoms with Gasteiger partial charge in [-0.25, -0.2) is 0 Å². The molecule has 5 nitrogen and oxygen atoms in total. The number of hydrogen-bond donors (Lipinski definition) is 1. The number of methoxy groups -OCH3 is 1. The quantitative estimate of drug-likeness (QED) is 0.874. The Kier molecular flexibility index (Phi) is 3.94. The SMILES string of the molecule is COC(=O)C1C[C@@H]2C[C@H](NC(=O)c3cccc4ccc(C)nc34)[C@@H]2C1. The monoisotopic (exact) mass is 338 g/mol. The highest BCUT2D eigenvalue weighted by molar-refractivity contribution is 6.05. The lowest BCUT2D eigenvalue weighted by Gasteiger charge is -2.40. The Morgan fingerprint density at radius 3 is 2.80 bits per heavy atom. The first-order chi connectivity index (χ1) is 12.1. The predicted octanol–water partition coefficient (Wildman–Crippen LogP) is 2.86. The summed E-state index contributed by atoms with van der Waals surface area (Å²) in [6.45, 7) is 1.93. The number of aromatic nitrogens is 1. The number of para-hydroxylation sites is 1. The van der Waals surface area contributed by atoms with Gasteiger partial charge < -0.3 is 10.1 Å². The molecule has 0 radical (unpaired) electrons. The second kappa shape index (κ2) is 6.14. The van der Waals surface area contributed by atoms with Crippen LogP contribution < -0.4 is 5.32 Å². The van der Waals surface area contributed by atoms with Crippen LogP contribution in [0.5, 0.6) is 0 Å². The van der Waals surface area contributed by atoms with Crippen molar-refractivity contribution in [1.82, 2.24) is 10.3 Å². The maximum Gasteiger partial charge on any atom is 0.308 e. The van der Waals surface area contributed by atoms with Crippen LogP contribution in [0.25, 0.3) is 10.9 Å². The Balaban J connectivity index is 1.49. The number of carbonyl (C=O) groups excluding carboxylic acids is 2. The number of hydrogen-bond acceptors (Lipinski definition) is 4. The maximum absolute atomic E-state index is 12.8. The van der Waals surface area contributed by atoms with Crippen LogP contribution >= 0.6 is 0 Å². The molecular weight excluding hydrogens is 316 g/mol. The Labute approximate surface area is 146 Å². The number of esters is 1. The van der Waals surface area contributed by atoms with Gasteiger partial charge in [0, 0.05) is 17.1 Å². The molecule has 130 valence electrons. The molecule has 0 saturated heterocycles. The molecule has 2 aliphatic rings. The van der Waals surface area contributed by atoms with Crippen LogP contribution in [0.3, 0.4) is 0 Å². The second-order valence-corrected chi connectivity index (χ2v) is 7.26. The van der Waals surface area contributed by atoms with E-state index in [1.54, 1.807) is 0 Å². The number of pyridine rings is 1. The average molecular weight is 338 g/mol. The number of nitrogens with one attached hydrogen (secondary N) is 1. The third-order valence-electron chi connectivity index (χ3n) is 5.78. The lowest BCUT2D eigenvalue weighted by atomic mass is 9.71. The Morgan fingerprint density at radius 2 is 2.00 bits per heavy atom. The minimum atomic E-state index is -0.117. The van der Waals surface area contributed by atoms with Gasteiger partial charge in [-0.3, -0.25) is 14.6 Å². The molecular formula is C20H22N2O3. The summed E-state index contributed by atoms with van der Waals surface area (Å²) < 4.78 is 4.87. The van der Waals surface area contributed by atoms with Crippen molar-refractivity contribution in [2.24, 2.45) is 17.8 Å². The third kappa shape index (κ3) is 2.77. The molecule has 2 aromatic rings. The summed E-state index contributed by atoms with van der Waals surface area (Å²) in [5, 5.41) is 4.13. The van der Waals surface area contributed by atoms with Gasteiger partial charge in [0.25, 0.3) is 5.91 Å². The van der Waals surface area contributed by atoms with Crippen LogP contribution in [0.2, 0.25) is 0 Å². The summed E-state index contributed by atoms with van der Waals surface area (Å²) in [4.78, 5) is 29.1. The normalized spacial score (nSPS) is 27.4.